The molecule has 7 rings (SSSR count). The highest BCUT2D eigenvalue weighted by atomic mass is 35.5. The molecular weight excluding hydrogens is 1050 g/mol. The number of urea groups is 1. The first kappa shape index (κ1) is 53.3. The number of aliphatic carboxylic acids is 1. The van der Waals surface area contributed by atoms with E-state index in [1.165, 1.54) is 13.8 Å². The lowest BCUT2D eigenvalue weighted by atomic mass is 9.93. The van der Waals surface area contributed by atoms with E-state index in [0.29, 0.717) is 17.2 Å². The first-order chi connectivity index (χ1) is 33.0. The van der Waals surface area contributed by atoms with Crippen molar-refractivity contribution in [3.8, 4) is 23.0 Å². The van der Waals surface area contributed by atoms with Crippen LogP contribution >= 0.6 is 11.6 Å². The lowest BCUT2D eigenvalue weighted by Gasteiger charge is -2.24. The number of likely N-dealkylation sites (N-methyl/N-ethyl adjacent to an activating group) is 1. The fraction of sp³-hybridized carbons (Fsp3) is 0.395. The lowest BCUT2D eigenvalue weighted by Crippen LogP contribution is -2.46. The Kier molecular flexibility index (Phi) is 13.5. The zero-order valence-corrected chi connectivity index (χ0v) is 40.1. The molecular formula is C43H37ClF10N8O8S2. The van der Waals surface area contributed by atoms with Crippen LogP contribution in [0.15, 0.2) is 42.5 Å². The summed E-state index contributed by atoms with van der Waals surface area (Å²) in [6, 6.07) is 2.88. The quantitative estimate of drug-likeness (QED) is 0.0891. The molecule has 3 aromatic heterocycles. The van der Waals surface area contributed by atoms with Crippen LogP contribution in [-0.2, 0) is 61.1 Å². The van der Waals surface area contributed by atoms with E-state index in [-0.39, 0.29) is 36.9 Å². The second-order valence-electron chi connectivity index (χ2n) is 17.6. The topological polar surface area (TPSA) is 207 Å². The molecule has 16 nitrogen and oxygen atoms in total. The average Bonchev–Trinajstić information content (AvgIpc) is 3.73. The molecule has 0 bridgehead atoms. The number of sulfone groups is 1. The van der Waals surface area contributed by atoms with Gasteiger partial charge in [-0.25, -0.2) is 35.4 Å². The van der Waals surface area contributed by atoms with Crippen LogP contribution in [0.3, 0.4) is 0 Å². The molecule has 2 aromatic carbocycles. The standard InChI is InChI=1S/C43H37ClF10N8O8S2/c1-40(2,71(4,67)68)11-10-23-6-7-24(25-8-9-28(44)33-35(25)61(19-41(47,48)49)58-38(33)62(72(5,69)70)39(66)59(3)18-31(64)65)34(55-23)29(14-20-12-21(45)15-22(46)13-20)56-30(63)17-60-37-32(36(57-60)43(52,53)54)26-16-27(26)42(37,50)51/h6-9,12-13,15,26-27,29H,14,16-19H2,1-5H3,(H,56,63)(H,64,65)/t26-,27+,29?/m0/s1. The molecule has 3 heterocycles. The normalized spacial score (nSPS) is 16.9. The summed E-state index contributed by atoms with van der Waals surface area (Å²) >= 11 is 6.58. The van der Waals surface area contributed by atoms with E-state index in [1.807, 2.05) is 0 Å². The SMILES string of the molecule is CN(CC(=O)O)C(=O)N(c1nn(CC(F)(F)F)c2c(-c3ccc(C#CC(C)(C)S(C)(=O)=O)nc3C(Cc3cc(F)cc(F)c3)NC(=O)Cn3nc(C(F)(F)F)c4c3C(F)(F)[C@@H]3C[C@H]43)ccc(Cl)c12)S(C)(=O)=O. The van der Waals surface area contributed by atoms with Gasteiger partial charge in [-0.1, -0.05) is 23.6 Å². The molecule has 1 unspecified atom stereocenters. The molecule has 2 aliphatic rings. The maximum atomic E-state index is 15.6. The number of carbonyl (C=O) groups is 3. The number of carbonyl (C=O) groups excluding carboxylic acids is 2. The van der Waals surface area contributed by atoms with E-state index in [4.69, 9.17) is 11.6 Å². The molecule has 0 saturated heterocycles. The maximum Gasteiger partial charge on any atom is 0.435 e. The van der Waals surface area contributed by atoms with E-state index in [1.54, 1.807) is 0 Å². The number of nitrogens with zero attached hydrogens (tertiary/aromatic N) is 7. The summed E-state index contributed by atoms with van der Waals surface area (Å²) in [6.45, 7) is -2.04. The van der Waals surface area contributed by atoms with Crippen molar-refractivity contribution in [2.75, 3.05) is 30.4 Å². The summed E-state index contributed by atoms with van der Waals surface area (Å²) in [4.78, 5) is 44.2. The Bertz CT molecular complexity index is 3370. The number of hydrogen-bond acceptors (Lipinski definition) is 10. The summed E-state index contributed by atoms with van der Waals surface area (Å²) in [5.74, 6) is -7.92. The summed E-state index contributed by atoms with van der Waals surface area (Å²) in [7, 11) is -8.00. The molecule has 0 spiro atoms. The van der Waals surface area contributed by atoms with Gasteiger partial charge in [0.05, 0.1) is 33.9 Å². The monoisotopic (exact) mass is 1080 g/mol. The molecule has 386 valence electrons. The highest BCUT2D eigenvalue weighted by molar-refractivity contribution is 7.93. The Morgan fingerprint density at radius 1 is 0.958 bits per heavy atom. The zero-order chi connectivity index (χ0) is 53.6. The van der Waals surface area contributed by atoms with Crippen LogP contribution in [-0.4, -0.2) is 106 Å². The van der Waals surface area contributed by atoms with Crippen LogP contribution in [0.4, 0.5) is 54.5 Å². The third-order valence-corrected chi connectivity index (χ3v) is 15.0. The molecule has 1 saturated carbocycles. The van der Waals surface area contributed by atoms with Gasteiger partial charge in [0.15, 0.2) is 21.3 Å². The number of halogens is 11. The van der Waals surface area contributed by atoms with Gasteiger partial charge in [0.1, 0.15) is 47.4 Å². The molecule has 29 heteroatoms. The number of sulfonamides is 1. The minimum atomic E-state index is -5.24. The van der Waals surface area contributed by atoms with Gasteiger partial charge in [0.25, 0.3) is 5.92 Å². The summed E-state index contributed by atoms with van der Waals surface area (Å²) < 4.78 is 197. The van der Waals surface area contributed by atoms with E-state index < -0.39 is 166 Å². The molecule has 3 atom stereocenters. The number of amides is 3. The Hall–Kier alpha value is -6.47. The molecule has 72 heavy (non-hydrogen) atoms. The van der Waals surface area contributed by atoms with Crippen LogP contribution in [0.5, 0.6) is 0 Å². The maximum absolute atomic E-state index is 15.6. The summed E-state index contributed by atoms with van der Waals surface area (Å²) in [5, 5.41) is 17.7. The number of carboxylic acid groups (broad SMARTS) is 1. The van der Waals surface area contributed by atoms with Gasteiger partial charge >= 0.3 is 24.4 Å². The van der Waals surface area contributed by atoms with Crippen LogP contribution in [0.1, 0.15) is 66.1 Å². The predicted octanol–water partition coefficient (Wildman–Crippen LogP) is 7.19. The van der Waals surface area contributed by atoms with E-state index in [0.717, 1.165) is 49.7 Å². The van der Waals surface area contributed by atoms with Gasteiger partial charge in [-0.15, -0.1) is 0 Å². The first-order valence-electron chi connectivity index (χ1n) is 20.8. The number of benzene rings is 2. The van der Waals surface area contributed by atoms with Crippen LogP contribution in [0.2, 0.25) is 5.02 Å². The number of rotatable bonds is 13. The van der Waals surface area contributed by atoms with Gasteiger partial charge in [-0.2, -0.15) is 49.6 Å². The predicted molar refractivity (Wildman–Crippen MR) is 236 cm³/mol. The van der Waals surface area contributed by atoms with Crippen molar-refractivity contribution in [3.05, 3.63) is 93.0 Å². The fourth-order valence-electron chi connectivity index (χ4n) is 8.21. The van der Waals surface area contributed by atoms with Crippen molar-refractivity contribution in [1.82, 2.24) is 34.8 Å². The lowest BCUT2D eigenvalue weighted by molar-refractivity contribution is -0.143. The number of alkyl halides is 8. The molecule has 0 radical (unpaired) electrons. The van der Waals surface area contributed by atoms with Crippen molar-refractivity contribution >= 4 is 66.1 Å². The van der Waals surface area contributed by atoms with Crippen LogP contribution in [0, 0.1) is 29.4 Å². The summed E-state index contributed by atoms with van der Waals surface area (Å²) in [5.41, 5.74) is -6.21. The molecule has 2 aliphatic carbocycles. The van der Waals surface area contributed by atoms with Crippen molar-refractivity contribution in [2.24, 2.45) is 5.92 Å². The van der Waals surface area contributed by atoms with E-state index >= 15 is 8.78 Å². The third kappa shape index (κ3) is 10.5. The van der Waals surface area contributed by atoms with Crippen molar-refractivity contribution in [1.29, 1.82) is 0 Å². The number of fused-ring (bicyclic) bond motifs is 4. The number of nitrogens with one attached hydrogen (secondary N) is 1. The second-order valence-corrected chi connectivity index (χ2v) is 22.4. The minimum absolute atomic E-state index is 0.104. The number of carboxylic acids is 1. The zero-order valence-electron chi connectivity index (χ0n) is 37.7. The van der Waals surface area contributed by atoms with Crippen LogP contribution in [0.25, 0.3) is 22.0 Å². The first-order valence-corrected chi connectivity index (χ1v) is 24.9. The number of anilines is 1. The Morgan fingerprint density at radius 3 is 2.15 bits per heavy atom. The number of hydrogen-bond donors (Lipinski definition) is 2. The van der Waals surface area contributed by atoms with Crippen LogP contribution < -0.4 is 9.62 Å². The average molecular weight is 1080 g/mol. The Balaban J connectivity index is 1.50. The number of aromatic nitrogens is 5. The Morgan fingerprint density at radius 2 is 1.58 bits per heavy atom. The largest absolute Gasteiger partial charge is 0.480 e. The third-order valence-electron chi connectivity index (χ3n) is 11.7. The fourth-order valence-corrected chi connectivity index (χ4v) is 9.55. The molecule has 2 N–H and O–H groups in total. The molecule has 0 aliphatic heterocycles. The number of pyridine rings is 1. The highest BCUT2D eigenvalue weighted by Crippen LogP contribution is 2.68. The smallest absolute Gasteiger partial charge is 0.435 e. The summed E-state index contributed by atoms with van der Waals surface area (Å²) in [6.07, 6.45) is -10.1. The van der Waals surface area contributed by atoms with E-state index in [2.05, 4.69) is 32.3 Å². The Labute approximate surface area is 406 Å². The van der Waals surface area contributed by atoms with Gasteiger partial charge in [0, 0.05) is 42.0 Å². The highest BCUT2D eigenvalue weighted by Gasteiger charge is 2.68. The van der Waals surface area contributed by atoms with E-state index in [9.17, 15) is 71.4 Å². The minimum Gasteiger partial charge on any atom is -0.480 e. The molecule has 1 fully saturated rings. The second kappa shape index (κ2) is 18.2. The van der Waals surface area contributed by atoms with Gasteiger partial charge in [-0.05, 0) is 74.4 Å². The van der Waals surface area contributed by atoms with Crippen molar-refractivity contribution in [3.63, 3.8) is 0 Å². The molecule has 5 aromatic rings. The molecule has 3 amide bonds. The van der Waals surface area contributed by atoms with Gasteiger partial charge in [0.2, 0.25) is 15.9 Å². The van der Waals surface area contributed by atoms with Gasteiger partial charge < -0.3 is 15.3 Å². The van der Waals surface area contributed by atoms with Crippen molar-refractivity contribution in [2.45, 2.75) is 74.8 Å². The van der Waals surface area contributed by atoms with Gasteiger partial charge in [-0.3, -0.25) is 19.0 Å². The van der Waals surface area contributed by atoms with Crippen molar-refractivity contribution < 1.29 is 80.2 Å².